The Bertz CT molecular complexity index is 829. The average molecular weight is 375 g/mol. The Morgan fingerprint density at radius 2 is 2.07 bits per heavy atom. The van der Waals surface area contributed by atoms with Crippen molar-refractivity contribution in [2.75, 3.05) is 25.5 Å². The van der Waals surface area contributed by atoms with E-state index in [9.17, 15) is 9.59 Å². The number of carbonyl (C=O) groups excluding carboxylic acids is 2. The maximum Gasteiger partial charge on any atom is 0.410 e. The molecule has 27 heavy (non-hydrogen) atoms. The molecule has 146 valence electrons. The largest absolute Gasteiger partial charge is 0.469 e. The number of piperidine rings is 1. The highest BCUT2D eigenvalue weighted by atomic mass is 16.6. The van der Waals surface area contributed by atoms with Gasteiger partial charge in [0.2, 0.25) is 0 Å². The molecule has 9 heteroatoms. The Kier molecular flexibility index (Phi) is 5.20. The number of nitrogens with one attached hydrogen (secondary N) is 2. The van der Waals surface area contributed by atoms with E-state index in [4.69, 9.17) is 9.47 Å². The average Bonchev–Trinajstić information content (AvgIpc) is 3.09. The SMILES string of the molecule is COC(=O)[C@@H]1C[C@H](Nc2ncnc3[nH]ccc23)CN(C(=O)OC(C)(C)C)C1. The number of amides is 1. The molecule has 0 aromatic carbocycles. The molecule has 1 aliphatic rings. The quantitative estimate of drug-likeness (QED) is 0.791. The molecule has 0 unspecified atom stereocenters. The third-order valence-corrected chi connectivity index (χ3v) is 4.33. The summed E-state index contributed by atoms with van der Waals surface area (Å²) < 4.78 is 10.4. The number of aromatic nitrogens is 3. The van der Waals surface area contributed by atoms with Crippen LogP contribution in [-0.4, -0.2) is 63.8 Å². The normalized spacial score (nSPS) is 20.4. The second kappa shape index (κ2) is 7.42. The maximum atomic E-state index is 12.5. The number of anilines is 1. The number of nitrogens with zero attached hydrogens (tertiary/aromatic N) is 3. The number of H-pyrrole nitrogens is 1. The molecule has 1 aliphatic heterocycles. The topological polar surface area (TPSA) is 109 Å². The van der Waals surface area contributed by atoms with Crippen LogP contribution in [0.3, 0.4) is 0 Å². The van der Waals surface area contributed by atoms with Crippen LogP contribution in [-0.2, 0) is 14.3 Å². The molecule has 0 bridgehead atoms. The van der Waals surface area contributed by atoms with E-state index in [-0.39, 0.29) is 18.6 Å². The molecular formula is C18H25N5O4. The molecule has 2 N–H and O–H groups in total. The molecule has 1 saturated heterocycles. The van der Waals surface area contributed by atoms with Gasteiger partial charge in [0.25, 0.3) is 0 Å². The van der Waals surface area contributed by atoms with Gasteiger partial charge in [0.1, 0.15) is 23.4 Å². The Labute approximate surface area is 157 Å². The zero-order chi connectivity index (χ0) is 19.6. The lowest BCUT2D eigenvalue weighted by molar-refractivity contribution is -0.147. The first kappa shape index (κ1) is 18.9. The van der Waals surface area contributed by atoms with Crippen molar-refractivity contribution in [3.8, 4) is 0 Å². The highest BCUT2D eigenvalue weighted by Crippen LogP contribution is 2.25. The van der Waals surface area contributed by atoms with Crippen LogP contribution < -0.4 is 5.32 Å². The van der Waals surface area contributed by atoms with Gasteiger partial charge in [-0.1, -0.05) is 0 Å². The van der Waals surface area contributed by atoms with Gasteiger partial charge in [-0.3, -0.25) is 4.79 Å². The molecule has 2 atom stereocenters. The number of hydrogen-bond acceptors (Lipinski definition) is 7. The Hall–Kier alpha value is -2.84. The van der Waals surface area contributed by atoms with Crippen molar-refractivity contribution in [3.63, 3.8) is 0 Å². The van der Waals surface area contributed by atoms with E-state index >= 15 is 0 Å². The van der Waals surface area contributed by atoms with Crippen molar-refractivity contribution in [1.29, 1.82) is 0 Å². The van der Waals surface area contributed by atoms with E-state index in [2.05, 4.69) is 20.3 Å². The summed E-state index contributed by atoms with van der Waals surface area (Å²) in [6.07, 6.45) is 3.34. The predicted octanol–water partition coefficient (Wildman–Crippen LogP) is 2.17. The van der Waals surface area contributed by atoms with Crippen LogP contribution in [0.2, 0.25) is 0 Å². The van der Waals surface area contributed by atoms with Crippen LogP contribution in [0.1, 0.15) is 27.2 Å². The van der Waals surface area contributed by atoms with Crippen molar-refractivity contribution in [1.82, 2.24) is 19.9 Å². The van der Waals surface area contributed by atoms with Gasteiger partial charge in [-0.15, -0.1) is 0 Å². The van der Waals surface area contributed by atoms with Crippen LogP contribution in [0.4, 0.5) is 10.6 Å². The van der Waals surface area contributed by atoms with Gasteiger partial charge < -0.3 is 24.7 Å². The molecule has 2 aromatic rings. The van der Waals surface area contributed by atoms with Crippen LogP contribution in [0, 0.1) is 5.92 Å². The fraction of sp³-hybridized carbons (Fsp3) is 0.556. The summed E-state index contributed by atoms with van der Waals surface area (Å²) in [5.41, 5.74) is 0.110. The third-order valence-electron chi connectivity index (χ3n) is 4.33. The summed E-state index contributed by atoms with van der Waals surface area (Å²) in [5.74, 6) is -0.122. The molecule has 3 rings (SSSR count). The standard InChI is InChI=1S/C18H25N5O4/c1-18(2,3)27-17(25)23-8-11(16(24)26-4)7-12(9-23)22-15-13-5-6-19-14(13)20-10-21-15/h5-6,10-12H,7-9H2,1-4H3,(H2,19,20,21,22)/t11-,12+/m1/s1. The van der Waals surface area contributed by atoms with Gasteiger partial charge in [-0.2, -0.15) is 0 Å². The van der Waals surface area contributed by atoms with Crippen molar-refractivity contribution in [2.24, 2.45) is 5.92 Å². The second-order valence-electron chi connectivity index (χ2n) is 7.64. The summed E-state index contributed by atoms with van der Waals surface area (Å²) in [4.78, 5) is 37.7. The summed E-state index contributed by atoms with van der Waals surface area (Å²) >= 11 is 0. The molecule has 1 amide bonds. The van der Waals surface area contributed by atoms with E-state index < -0.39 is 17.6 Å². The Morgan fingerprint density at radius 1 is 1.30 bits per heavy atom. The molecule has 3 heterocycles. The highest BCUT2D eigenvalue weighted by Gasteiger charge is 2.36. The molecule has 9 nitrogen and oxygen atoms in total. The molecule has 0 radical (unpaired) electrons. The van der Waals surface area contributed by atoms with Gasteiger partial charge in [0, 0.05) is 25.3 Å². The van der Waals surface area contributed by atoms with Gasteiger partial charge in [0.15, 0.2) is 0 Å². The smallest absolute Gasteiger partial charge is 0.410 e. The van der Waals surface area contributed by atoms with E-state index in [1.807, 2.05) is 26.8 Å². The van der Waals surface area contributed by atoms with E-state index in [1.54, 1.807) is 11.1 Å². The Balaban J connectivity index is 1.79. The molecule has 0 spiro atoms. The zero-order valence-electron chi connectivity index (χ0n) is 16.0. The lowest BCUT2D eigenvalue weighted by atomic mass is 9.94. The van der Waals surface area contributed by atoms with E-state index in [0.29, 0.717) is 18.8 Å². The number of rotatable bonds is 3. The summed E-state index contributed by atoms with van der Waals surface area (Å²) in [7, 11) is 1.35. The molecule has 1 fully saturated rings. The van der Waals surface area contributed by atoms with Crippen LogP contribution in [0.15, 0.2) is 18.6 Å². The number of likely N-dealkylation sites (tertiary alicyclic amines) is 1. The van der Waals surface area contributed by atoms with E-state index in [0.717, 1.165) is 11.0 Å². The minimum atomic E-state index is -0.609. The molecule has 2 aromatic heterocycles. The molecule has 0 saturated carbocycles. The number of methoxy groups -OCH3 is 1. The minimum Gasteiger partial charge on any atom is -0.469 e. The third kappa shape index (κ3) is 4.47. The highest BCUT2D eigenvalue weighted by molar-refractivity contribution is 5.86. The number of carbonyl (C=O) groups is 2. The van der Waals surface area contributed by atoms with Crippen molar-refractivity contribution >= 4 is 28.9 Å². The van der Waals surface area contributed by atoms with E-state index in [1.165, 1.54) is 13.4 Å². The number of ether oxygens (including phenoxy) is 2. The number of aromatic amines is 1. The predicted molar refractivity (Wildman–Crippen MR) is 99.2 cm³/mol. The van der Waals surface area contributed by atoms with Crippen molar-refractivity contribution in [3.05, 3.63) is 18.6 Å². The summed E-state index contributed by atoms with van der Waals surface area (Å²) in [5, 5.41) is 4.19. The van der Waals surface area contributed by atoms with Crippen LogP contribution in [0.5, 0.6) is 0 Å². The number of fused-ring (bicyclic) bond motifs is 1. The van der Waals surface area contributed by atoms with Crippen molar-refractivity contribution in [2.45, 2.75) is 38.8 Å². The molecular weight excluding hydrogens is 350 g/mol. The first-order valence-electron chi connectivity index (χ1n) is 8.87. The first-order chi connectivity index (χ1) is 12.8. The summed E-state index contributed by atoms with van der Waals surface area (Å²) in [6.45, 7) is 6.10. The first-order valence-corrected chi connectivity index (χ1v) is 8.87. The monoisotopic (exact) mass is 375 g/mol. The van der Waals surface area contributed by atoms with Crippen LogP contribution >= 0.6 is 0 Å². The van der Waals surface area contributed by atoms with Crippen molar-refractivity contribution < 1.29 is 19.1 Å². The number of hydrogen-bond donors (Lipinski definition) is 2. The van der Waals surface area contributed by atoms with Crippen LogP contribution in [0.25, 0.3) is 11.0 Å². The lowest BCUT2D eigenvalue weighted by Crippen LogP contribution is -2.52. The Morgan fingerprint density at radius 3 is 2.78 bits per heavy atom. The lowest BCUT2D eigenvalue weighted by Gasteiger charge is -2.37. The fourth-order valence-corrected chi connectivity index (χ4v) is 3.20. The minimum absolute atomic E-state index is 0.177. The fourth-order valence-electron chi connectivity index (χ4n) is 3.20. The maximum absolute atomic E-state index is 12.5. The summed E-state index contributed by atoms with van der Waals surface area (Å²) in [6, 6.07) is 1.70. The number of esters is 1. The zero-order valence-corrected chi connectivity index (χ0v) is 16.0. The van der Waals surface area contributed by atoms with Gasteiger partial charge in [-0.25, -0.2) is 14.8 Å². The second-order valence-corrected chi connectivity index (χ2v) is 7.64. The van der Waals surface area contributed by atoms with Gasteiger partial charge in [-0.05, 0) is 33.3 Å². The van der Waals surface area contributed by atoms with Gasteiger partial charge in [0.05, 0.1) is 18.4 Å². The van der Waals surface area contributed by atoms with Gasteiger partial charge >= 0.3 is 12.1 Å². The molecule has 0 aliphatic carbocycles.